The van der Waals surface area contributed by atoms with E-state index in [1.54, 1.807) is 22.4 Å². The lowest BCUT2D eigenvalue weighted by Crippen LogP contribution is -2.27. The largest absolute Gasteiger partial charge is 0.327 e. The lowest BCUT2D eigenvalue weighted by atomic mass is 10.2. The average molecular weight is 225 g/mol. The van der Waals surface area contributed by atoms with Crippen molar-refractivity contribution in [3.05, 3.63) is 22.9 Å². The van der Waals surface area contributed by atoms with Gasteiger partial charge in [-0.25, -0.2) is 4.79 Å². The van der Waals surface area contributed by atoms with Gasteiger partial charge in [-0.05, 0) is 32.7 Å². The molecule has 1 rings (SSSR count). The first kappa shape index (κ1) is 13.0. The van der Waals surface area contributed by atoms with Crippen LogP contribution in [0, 0.1) is 0 Å². The molecule has 1 heterocycles. The first-order valence-corrected chi connectivity index (χ1v) is 6.10. The lowest BCUT2D eigenvalue weighted by Gasteiger charge is -2.12. The Balaban J connectivity index is 2.25. The van der Waals surface area contributed by atoms with E-state index < -0.39 is 0 Å². The molecule has 0 spiro atoms. The minimum atomic E-state index is 0.0779. The summed E-state index contributed by atoms with van der Waals surface area (Å²) in [7, 11) is 1.78. The molecule has 0 saturated carbocycles. The summed E-state index contributed by atoms with van der Waals surface area (Å²) in [5, 5.41) is 3.45. The van der Waals surface area contributed by atoms with E-state index in [-0.39, 0.29) is 5.69 Å². The second-order valence-electron chi connectivity index (χ2n) is 4.38. The molecule has 16 heavy (non-hydrogen) atoms. The summed E-state index contributed by atoms with van der Waals surface area (Å²) in [5.41, 5.74) is 0.0779. The number of imidazole rings is 1. The van der Waals surface area contributed by atoms with Crippen LogP contribution in [0.4, 0.5) is 0 Å². The third-order valence-electron chi connectivity index (χ3n) is 2.80. The predicted octanol–water partition coefficient (Wildman–Crippen LogP) is 1.36. The molecule has 0 fully saturated rings. The molecule has 0 aromatic carbocycles. The number of aryl methyl sites for hydroxylation is 2. The topological polar surface area (TPSA) is 39.0 Å². The van der Waals surface area contributed by atoms with Gasteiger partial charge in [0, 0.05) is 32.0 Å². The maximum absolute atomic E-state index is 11.5. The second-order valence-corrected chi connectivity index (χ2v) is 4.38. The van der Waals surface area contributed by atoms with Gasteiger partial charge in [-0.2, -0.15) is 0 Å². The van der Waals surface area contributed by atoms with Gasteiger partial charge in [0.1, 0.15) is 0 Å². The Kier molecular flexibility index (Phi) is 5.32. The summed E-state index contributed by atoms with van der Waals surface area (Å²) in [4.78, 5) is 11.5. The smallest absolute Gasteiger partial charge is 0.314 e. The normalized spacial score (nSPS) is 12.9. The van der Waals surface area contributed by atoms with Crippen LogP contribution < -0.4 is 11.0 Å². The third kappa shape index (κ3) is 3.85. The molecule has 1 atom stereocenters. The van der Waals surface area contributed by atoms with Crippen LogP contribution in [0.2, 0.25) is 0 Å². The van der Waals surface area contributed by atoms with Gasteiger partial charge in [-0.3, -0.25) is 4.57 Å². The van der Waals surface area contributed by atoms with E-state index in [1.807, 2.05) is 6.20 Å². The Bertz CT molecular complexity index is 353. The number of hydrogen-bond acceptors (Lipinski definition) is 2. The average Bonchev–Trinajstić information content (AvgIpc) is 2.58. The molecule has 0 radical (unpaired) electrons. The molecule has 0 amide bonds. The molecule has 0 aliphatic heterocycles. The van der Waals surface area contributed by atoms with Crippen molar-refractivity contribution in [3.8, 4) is 0 Å². The number of nitrogens with one attached hydrogen (secondary N) is 1. The number of aromatic nitrogens is 2. The molecule has 0 aliphatic rings. The summed E-state index contributed by atoms with van der Waals surface area (Å²) in [6.07, 6.45) is 6.99. The maximum Gasteiger partial charge on any atom is 0.327 e. The monoisotopic (exact) mass is 225 g/mol. The van der Waals surface area contributed by atoms with E-state index in [0.29, 0.717) is 6.04 Å². The summed E-state index contributed by atoms with van der Waals surface area (Å²) in [6.45, 7) is 6.26. The molecule has 4 heteroatoms. The van der Waals surface area contributed by atoms with E-state index in [9.17, 15) is 4.79 Å². The zero-order chi connectivity index (χ0) is 12.0. The summed E-state index contributed by atoms with van der Waals surface area (Å²) in [6, 6.07) is 0.541. The lowest BCUT2D eigenvalue weighted by molar-refractivity contribution is 0.471. The van der Waals surface area contributed by atoms with E-state index in [2.05, 4.69) is 19.2 Å². The number of rotatable bonds is 7. The molecule has 1 aromatic heterocycles. The summed E-state index contributed by atoms with van der Waals surface area (Å²) < 4.78 is 3.38. The van der Waals surface area contributed by atoms with Gasteiger partial charge in [-0.15, -0.1) is 0 Å². The van der Waals surface area contributed by atoms with Crippen molar-refractivity contribution < 1.29 is 0 Å². The van der Waals surface area contributed by atoms with E-state index >= 15 is 0 Å². The number of hydrogen-bond donors (Lipinski definition) is 1. The van der Waals surface area contributed by atoms with Crippen LogP contribution >= 0.6 is 0 Å². The van der Waals surface area contributed by atoms with E-state index in [0.717, 1.165) is 25.9 Å². The van der Waals surface area contributed by atoms with Gasteiger partial charge >= 0.3 is 5.69 Å². The van der Waals surface area contributed by atoms with Crippen LogP contribution in [-0.2, 0) is 13.6 Å². The highest BCUT2D eigenvalue weighted by Crippen LogP contribution is 1.98. The Morgan fingerprint density at radius 2 is 2.19 bits per heavy atom. The number of nitrogens with zero attached hydrogens (tertiary/aromatic N) is 2. The van der Waals surface area contributed by atoms with Gasteiger partial charge in [0.25, 0.3) is 0 Å². The van der Waals surface area contributed by atoms with Crippen LogP contribution in [0.3, 0.4) is 0 Å². The van der Waals surface area contributed by atoms with Crippen LogP contribution in [0.25, 0.3) is 0 Å². The molecular weight excluding hydrogens is 202 g/mol. The van der Waals surface area contributed by atoms with E-state index in [1.165, 1.54) is 6.42 Å². The first-order valence-electron chi connectivity index (χ1n) is 6.10. The van der Waals surface area contributed by atoms with Gasteiger partial charge in [0.2, 0.25) is 0 Å². The molecule has 4 nitrogen and oxygen atoms in total. The zero-order valence-electron chi connectivity index (χ0n) is 10.6. The van der Waals surface area contributed by atoms with Crippen LogP contribution in [-0.4, -0.2) is 21.7 Å². The molecule has 1 unspecified atom stereocenters. The van der Waals surface area contributed by atoms with Crippen molar-refractivity contribution in [1.29, 1.82) is 0 Å². The second kappa shape index (κ2) is 6.53. The van der Waals surface area contributed by atoms with E-state index in [4.69, 9.17) is 0 Å². The van der Waals surface area contributed by atoms with Crippen LogP contribution in [0.5, 0.6) is 0 Å². The van der Waals surface area contributed by atoms with Crippen molar-refractivity contribution in [2.45, 2.75) is 45.7 Å². The van der Waals surface area contributed by atoms with Crippen molar-refractivity contribution >= 4 is 0 Å². The highest BCUT2D eigenvalue weighted by Gasteiger charge is 2.02. The Morgan fingerprint density at radius 3 is 2.75 bits per heavy atom. The molecule has 0 bridgehead atoms. The molecule has 1 aromatic rings. The fraction of sp³-hybridized carbons (Fsp3) is 0.750. The maximum atomic E-state index is 11.5. The molecule has 0 aliphatic carbocycles. The third-order valence-corrected chi connectivity index (χ3v) is 2.80. The summed E-state index contributed by atoms with van der Waals surface area (Å²) in [5.74, 6) is 0. The minimum Gasteiger partial charge on any atom is -0.314 e. The quantitative estimate of drug-likeness (QED) is 0.761. The fourth-order valence-electron chi connectivity index (χ4n) is 1.74. The minimum absolute atomic E-state index is 0.0779. The molecule has 1 N–H and O–H groups in total. The highest BCUT2D eigenvalue weighted by atomic mass is 16.1. The molecule has 0 saturated heterocycles. The van der Waals surface area contributed by atoms with Gasteiger partial charge < -0.3 is 9.88 Å². The van der Waals surface area contributed by atoms with Crippen molar-refractivity contribution in [1.82, 2.24) is 14.5 Å². The molecule has 92 valence electrons. The first-order chi connectivity index (χ1) is 7.65. The predicted molar refractivity (Wildman–Crippen MR) is 66.7 cm³/mol. The van der Waals surface area contributed by atoms with Crippen LogP contribution in [0.1, 0.15) is 33.1 Å². The summed E-state index contributed by atoms with van der Waals surface area (Å²) >= 11 is 0. The van der Waals surface area contributed by atoms with Crippen LogP contribution in [0.15, 0.2) is 17.2 Å². The van der Waals surface area contributed by atoms with Crippen molar-refractivity contribution in [2.24, 2.45) is 7.05 Å². The van der Waals surface area contributed by atoms with Gasteiger partial charge in [-0.1, -0.05) is 6.92 Å². The van der Waals surface area contributed by atoms with Crippen molar-refractivity contribution in [3.63, 3.8) is 0 Å². The zero-order valence-corrected chi connectivity index (χ0v) is 10.6. The highest BCUT2D eigenvalue weighted by molar-refractivity contribution is 4.79. The Hall–Kier alpha value is -1.03. The standard InChI is InChI=1S/C12H23N3O/c1-4-7-13-11(2)6-5-8-15-10-9-14(3)12(15)16/h9-11,13H,4-8H2,1-3H3. The SMILES string of the molecule is CCCNC(C)CCCn1ccn(C)c1=O. The van der Waals surface area contributed by atoms with Gasteiger partial charge in [0.05, 0.1) is 0 Å². The fourth-order valence-corrected chi connectivity index (χ4v) is 1.74. The Morgan fingerprint density at radius 1 is 1.44 bits per heavy atom. The van der Waals surface area contributed by atoms with Crippen molar-refractivity contribution in [2.75, 3.05) is 6.54 Å². The van der Waals surface area contributed by atoms with Gasteiger partial charge in [0.15, 0.2) is 0 Å². The molecular formula is C12H23N3O. The Labute approximate surface area is 97.3 Å².